The predicted octanol–water partition coefficient (Wildman–Crippen LogP) is 2.87. The molecule has 3 heteroatoms. The van der Waals surface area contributed by atoms with Crippen LogP contribution in [0.5, 0.6) is 0 Å². The van der Waals surface area contributed by atoms with E-state index in [1.165, 1.54) is 0 Å². The van der Waals surface area contributed by atoms with Crippen LogP contribution in [0.25, 0.3) is 0 Å². The Labute approximate surface area is 99.2 Å². The lowest BCUT2D eigenvalue weighted by Crippen LogP contribution is -2.50. The van der Waals surface area contributed by atoms with Gasteiger partial charge < -0.3 is 5.32 Å². The van der Waals surface area contributed by atoms with Gasteiger partial charge in [0.25, 0.3) is 0 Å². The summed E-state index contributed by atoms with van der Waals surface area (Å²) in [4.78, 5) is 11.9. The van der Waals surface area contributed by atoms with Crippen LogP contribution in [0.2, 0.25) is 0 Å². The van der Waals surface area contributed by atoms with Gasteiger partial charge in [-0.2, -0.15) is 5.26 Å². The van der Waals surface area contributed by atoms with Crippen molar-refractivity contribution in [3.05, 3.63) is 0 Å². The molecule has 0 spiro atoms. The summed E-state index contributed by atoms with van der Waals surface area (Å²) in [6.45, 7) is 13.7. The Hall–Kier alpha value is -1.04. The molecule has 0 aliphatic rings. The molecule has 92 valence electrons. The highest BCUT2D eigenvalue weighted by atomic mass is 16.2. The first kappa shape index (κ1) is 15.0. The number of carbonyl (C=O) groups excluding carboxylic acids is 1. The average Bonchev–Trinajstić information content (AvgIpc) is 1.98. The van der Waals surface area contributed by atoms with Gasteiger partial charge in [0.2, 0.25) is 5.91 Å². The zero-order valence-corrected chi connectivity index (χ0v) is 11.6. The Kier molecular flexibility index (Phi) is 4.16. The van der Waals surface area contributed by atoms with Gasteiger partial charge in [-0.1, -0.05) is 20.8 Å². The third-order valence-corrected chi connectivity index (χ3v) is 2.27. The van der Waals surface area contributed by atoms with Crippen LogP contribution in [0.15, 0.2) is 0 Å². The summed E-state index contributed by atoms with van der Waals surface area (Å²) in [5.41, 5.74) is -1.10. The summed E-state index contributed by atoms with van der Waals surface area (Å²) in [7, 11) is 0. The van der Waals surface area contributed by atoms with Crippen LogP contribution in [-0.4, -0.2) is 11.4 Å². The average molecular weight is 224 g/mol. The van der Waals surface area contributed by atoms with Crippen LogP contribution < -0.4 is 5.32 Å². The Morgan fingerprint density at radius 2 is 1.56 bits per heavy atom. The molecule has 0 saturated heterocycles. The van der Waals surface area contributed by atoms with Crippen molar-refractivity contribution >= 4 is 5.91 Å². The molecule has 0 bridgehead atoms. The molecule has 0 aliphatic carbocycles. The first-order chi connectivity index (χ1) is 6.90. The highest BCUT2D eigenvalue weighted by Crippen LogP contribution is 2.27. The highest BCUT2D eigenvalue weighted by Gasteiger charge is 2.33. The fourth-order valence-corrected chi connectivity index (χ4v) is 1.88. The van der Waals surface area contributed by atoms with Crippen molar-refractivity contribution in [2.24, 2.45) is 10.8 Å². The van der Waals surface area contributed by atoms with Gasteiger partial charge in [-0.05, 0) is 39.5 Å². The molecule has 0 aliphatic heterocycles. The zero-order chi connectivity index (χ0) is 13.2. The van der Waals surface area contributed by atoms with Crippen LogP contribution in [0.1, 0.15) is 54.9 Å². The van der Waals surface area contributed by atoms with Gasteiger partial charge in [-0.25, -0.2) is 0 Å². The van der Waals surface area contributed by atoms with E-state index in [4.69, 9.17) is 5.26 Å². The Morgan fingerprint density at radius 3 is 1.88 bits per heavy atom. The number of rotatable bonds is 3. The number of carbonyl (C=O) groups is 1. The molecule has 0 radical (unpaired) electrons. The van der Waals surface area contributed by atoms with Gasteiger partial charge in [0.15, 0.2) is 0 Å². The molecule has 0 heterocycles. The topological polar surface area (TPSA) is 52.9 Å². The summed E-state index contributed by atoms with van der Waals surface area (Å²) in [5.74, 6) is -0.204. The number of nitrogens with zero attached hydrogens (tertiary/aromatic N) is 1. The lowest BCUT2D eigenvalue weighted by Gasteiger charge is -2.34. The second-order valence-corrected chi connectivity index (χ2v) is 6.81. The van der Waals surface area contributed by atoms with E-state index >= 15 is 0 Å². The Morgan fingerprint density at radius 1 is 1.12 bits per heavy atom. The number of nitrogens with one attached hydrogen (secondary N) is 1. The largest absolute Gasteiger partial charge is 0.350 e. The molecule has 0 atom stereocenters. The van der Waals surface area contributed by atoms with E-state index in [0.717, 1.165) is 6.42 Å². The molecule has 0 rings (SSSR count). The summed E-state index contributed by atoms with van der Waals surface area (Å²) in [6, 6.07) is 2.01. The van der Waals surface area contributed by atoms with Crippen molar-refractivity contribution in [2.75, 3.05) is 0 Å². The standard InChI is InChI=1S/C13H24N2O/c1-11(2,3)8-13(6,7)15-10(16)12(4,5)9-14/h8H2,1-7H3,(H,15,16). The maximum Gasteiger partial charge on any atom is 0.240 e. The molecular formula is C13H24N2O. The molecule has 16 heavy (non-hydrogen) atoms. The van der Waals surface area contributed by atoms with Crippen LogP contribution in [0.4, 0.5) is 0 Å². The van der Waals surface area contributed by atoms with E-state index in [1.54, 1.807) is 13.8 Å². The minimum atomic E-state index is -0.963. The minimum Gasteiger partial charge on any atom is -0.350 e. The second-order valence-electron chi connectivity index (χ2n) is 6.81. The van der Waals surface area contributed by atoms with Crippen molar-refractivity contribution in [3.63, 3.8) is 0 Å². The van der Waals surface area contributed by atoms with E-state index in [0.29, 0.717) is 0 Å². The van der Waals surface area contributed by atoms with Gasteiger partial charge >= 0.3 is 0 Å². The van der Waals surface area contributed by atoms with Crippen molar-refractivity contribution in [1.29, 1.82) is 5.26 Å². The maximum atomic E-state index is 11.9. The van der Waals surface area contributed by atoms with Crippen LogP contribution >= 0.6 is 0 Å². The summed E-state index contributed by atoms with van der Waals surface area (Å²) >= 11 is 0. The van der Waals surface area contributed by atoms with Crippen LogP contribution in [0.3, 0.4) is 0 Å². The van der Waals surface area contributed by atoms with Gasteiger partial charge in [0.1, 0.15) is 5.41 Å². The van der Waals surface area contributed by atoms with Crippen molar-refractivity contribution in [1.82, 2.24) is 5.32 Å². The molecule has 1 N–H and O–H groups in total. The van der Waals surface area contributed by atoms with Crippen LogP contribution in [0, 0.1) is 22.2 Å². The molecule has 0 aromatic heterocycles. The number of hydrogen-bond donors (Lipinski definition) is 1. The van der Waals surface area contributed by atoms with E-state index in [1.807, 2.05) is 19.9 Å². The number of amides is 1. The van der Waals surface area contributed by atoms with Crippen molar-refractivity contribution < 1.29 is 4.79 Å². The second kappa shape index (κ2) is 4.45. The Balaban J connectivity index is 4.63. The molecule has 0 saturated carbocycles. The SMILES string of the molecule is CC(C)(C)CC(C)(C)NC(=O)C(C)(C)C#N. The fourth-order valence-electron chi connectivity index (χ4n) is 1.88. The lowest BCUT2D eigenvalue weighted by molar-refractivity contribution is -0.128. The number of hydrogen-bond acceptors (Lipinski definition) is 2. The molecule has 1 amide bonds. The molecule has 0 fully saturated rings. The molecule has 0 aromatic rings. The minimum absolute atomic E-state index is 0.146. The monoisotopic (exact) mass is 224 g/mol. The maximum absolute atomic E-state index is 11.9. The van der Waals surface area contributed by atoms with Gasteiger partial charge in [-0.3, -0.25) is 4.79 Å². The van der Waals surface area contributed by atoms with E-state index < -0.39 is 5.41 Å². The predicted molar refractivity (Wildman–Crippen MR) is 65.7 cm³/mol. The quantitative estimate of drug-likeness (QED) is 0.801. The normalized spacial score (nSPS) is 13.1. The first-order valence-electron chi connectivity index (χ1n) is 5.63. The summed E-state index contributed by atoms with van der Waals surface area (Å²) < 4.78 is 0. The Bertz CT molecular complexity index is 303. The third-order valence-electron chi connectivity index (χ3n) is 2.27. The van der Waals surface area contributed by atoms with E-state index in [9.17, 15) is 4.79 Å². The summed E-state index contributed by atoms with van der Waals surface area (Å²) in [5, 5.41) is 11.8. The molecular weight excluding hydrogens is 200 g/mol. The van der Waals surface area contributed by atoms with Crippen LogP contribution in [-0.2, 0) is 4.79 Å². The molecule has 0 unspecified atom stereocenters. The molecule has 3 nitrogen and oxygen atoms in total. The summed E-state index contributed by atoms with van der Waals surface area (Å²) in [6.07, 6.45) is 0.868. The number of nitriles is 1. The zero-order valence-electron chi connectivity index (χ0n) is 11.6. The van der Waals surface area contributed by atoms with E-state index in [2.05, 4.69) is 26.1 Å². The first-order valence-corrected chi connectivity index (χ1v) is 5.63. The molecule has 0 aromatic carbocycles. The van der Waals surface area contributed by atoms with Gasteiger partial charge in [-0.15, -0.1) is 0 Å². The van der Waals surface area contributed by atoms with Gasteiger partial charge in [0.05, 0.1) is 6.07 Å². The van der Waals surface area contributed by atoms with Crippen molar-refractivity contribution in [3.8, 4) is 6.07 Å². The smallest absolute Gasteiger partial charge is 0.240 e. The third kappa shape index (κ3) is 5.16. The highest BCUT2D eigenvalue weighted by molar-refractivity contribution is 5.85. The van der Waals surface area contributed by atoms with E-state index in [-0.39, 0.29) is 16.9 Å². The lowest BCUT2D eigenvalue weighted by atomic mass is 9.81. The van der Waals surface area contributed by atoms with Gasteiger partial charge in [0, 0.05) is 5.54 Å². The van der Waals surface area contributed by atoms with Crippen molar-refractivity contribution in [2.45, 2.75) is 60.4 Å². The fraction of sp³-hybridized carbons (Fsp3) is 0.846.